The number of fused-ring (bicyclic) bond motifs is 2. The number of hydrazone groups is 1. The third-order valence-electron chi connectivity index (χ3n) is 5.23. The van der Waals surface area contributed by atoms with E-state index < -0.39 is 0 Å². The number of oxime groups is 1. The Kier molecular flexibility index (Phi) is 5.66. The van der Waals surface area contributed by atoms with Gasteiger partial charge in [-0.3, -0.25) is 4.79 Å². The zero-order valence-corrected chi connectivity index (χ0v) is 16.3. The lowest BCUT2D eigenvalue weighted by molar-refractivity contribution is -0.125. The Morgan fingerprint density at radius 2 is 1.76 bits per heavy atom. The van der Waals surface area contributed by atoms with Gasteiger partial charge in [0.05, 0.1) is 11.9 Å². The molecule has 2 aromatic carbocycles. The molecule has 5 heteroatoms. The third-order valence-corrected chi connectivity index (χ3v) is 5.23. The van der Waals surface area contributed by atoms with Crippen molar-refractivity contribution in [2.24, 2.45) is 22.1 Å². The average Bonchev–Trinajstić information content (AvgIpc) is 3.37. The van der Waals surface area contributed by atoms with E-state index in [1.165, 1.54) is 16.7 Å². The summed E-state index contributed by atoms with van der Waals surface area (Å²) in [4.78, 5) is 17.1. The fourth-order valence-electron chi connectivity index (χ4n) is 3.85. The summed E-state index contributed by atoms with van der Waals surface area (Å²) in [5.41, 5.74) is 7.89. The lowest BCUT2D eigenvalue weighted by Gasteiger charge is -2.13. The van der Waals surface area contributed by atoms with Crippen LogP contribution in [0.4, 0.5) is 0 Å². The van der Waals surface area contributed by atoms with Crippen LogP contribution in [0.15, 0.2) is 88.6 Å². The highest BCUT2D eigenvalue weighted by atomic mass is 16.6. The molecule has 0 radical (unpaired) electrons. The van der Waals surface area contributed by atoms with E-state index >= 15 is 0 Å². The predicted molar refractivity (Wildman–Crippen MR) is 115 cm³/mol. The summed E-state index contributed by atoms with van der Waals surface area (Å²) in [6.07, 6.45) is 7.34. The van der Waals surface area contributed by atoms with E-state index in [9.17, 15) is 4.79 Å². The molecule has 2 aromatic rings. The number of benzene rings is 2. The number of carbonyl (C=O) groups excluding carboxylic acids is 1. The van der Waals surface area contributed by atoms with Crippen molar-refractivity contribution in [2.75, 3.05) is 6.61 Å². The highest BCUT2D eigenvalue weighted by Crippen LogP contribution is 2.47. The van der Waals surface area contributed by atoms with E-state index in [0.29, 0.717) is 17.5 Å². The van der Waals surface area contributed by atoms with Gasteiger partial charge in [0.25, 0.3) is 5.91 Å². The summed E-state index contributed by atoms with van der Waals surface area (Å²) >= 11 is 0. The zero-order valence-electron chi connectivity index (χ0n) is 16.3. The predicted octanol–water partition coefficient (Wildman–Crippen LogP) is 4.19. The highest BCUT2D eigenvalue weighted by Gasteiger charge is 2.34. The molecular formula is C24H23N3O2. The Labute approximate surface area is 170 Å². The van der Waals surface area contributed by atoms with E-state index in [0.717, 1.165) is 12.0 Å². The van der Waals surface area contributed by atoms with Crippen molar-refractivity contribution in [1.82, 2.24) is 5.43 Å². The van der Waals surface area contributed by atoms with Gasteiger partial charge in [0, 0.05) is 11.8 Å². The molecule has 0 saturated carbocycles. The Morgan fingerprint density at radius 3 is 2.52 bits per heavy atom. The summed E-state index contributed by atoms with van der Waals surface area (Å²) in [7, 11) is 0. The van der Waals surface area contributed by atoms with Crippen LogP contribution in [0.25, 0.3) is 5.57 Å². The van der Waals surface area contributed by atoms with E-state index in [1.54, 1.807) is 6.21 Å². The molecule has 146 valence electrons. The van der Waals surface area contributed by atoms with Crippen LogP contribution in [0.5, 0.6) is 0 Å². The van der Waals surface area contributed by atoms with Crippen molar-refractivity contribution >= 4 is 23.4 Å². The van der Waals surface area contributed by atoms with Crippen molar-refractivity contribution in [3.8, 4) is 0 Å². The Bertz CT molecular complexity index is 991. The minimum absolute atomic E-state index is 0.182. The molecule has 5 nitrogen and oxygen atoms in total. The molecule has 4 rings (SSSR count). The van der Waals surface area contributed by atoms with Crippen LogP contribution in [0.1, 0.15) is 24.5 Å². The van der Waals surface area contributed by atoms with Crippen LogP contribution >= 0.6 is 0 Å². The molecule has 0 fully saturated rings. The standard InChI is InChI=1S/C24H23N3O2/c1-17(18-8-4-2-5-9-18)27-29-16-23(28)26-25-15-22-20-12-13-21(14-20)24(22)19-10-6-3-7-11-19/h2-13,15,20-21H,14,16H2,1H3,(H,26,28)/b25-15-,27-17-/t20-,21-/m1/s1. The molecule has 2 atom stereocenters. The first-order chi connectivity index (χ1) is 14.2. The second-order valence-electron chi connectivity index (χ2n) is 7.18. The first-order valence-corrected chi connectivity index (χ1v) is 9.74. The largest absolute Gasteiger partial charge is 0.385 e. The van der Waals surface area contributed by atoms with Gasteiger partial charge in [-0.2, -0.15) is 5.10 Å². The molecule has 0 aromatic heterocycles. The molecule has 0 aliphatic heterocycles. The summed E-state index contributed by atoms with van der Waals surface area (Å²) in [5.74, 6) is 0.454. The number of hydrogen-bond acceptors (Lipinski definition) is 4. The fourth-order valence-corrected chi connectivity index (χ4v) is 3.85. The van der Waals surface area contributed by atoms with Gasteiger partial charge in [0.2, 0.25) is 0 Å². The first kappa shape index (κ1) is 18.9. The van der Waals surface area contributed by atoms with Gasteiger partial charge >= 0.3 is 0 Å². The number of carbonyl (C=O) groups is 1. The number of allylic oxidation sites excluding steroid dienone is 4. The van der Waals surface area contributed by atoms with Crippen molar-refractivity contribution in [3.63, 3.8) is 0 Å². The third kappa shape index (κ3) is 4.35. The van der Waals surface area contributed by atoms with Crippen molar-refractivity contribution in [2.45, 2.75) is 13.3 Å². The monoisotopic (exact) mass is 385 g/mol. The van der Waals surface area contributed by atoms with E-state index in [1.807, 2.05) is 55.5 Å². The van der Waals surface area contributed by atoms with Crippen molar-refractivity contribution < 1.29 is 9.63 Å². The van der Waals surface area contributed by atoms with Gasteiger partial charge in [-0.15, -0.1) is 0 Å². The molecule has 0 spiro atoms. The van der Waals surface area contributed by atoms with Gasteiger partial charge in [-0.25, -0.2) is 5.43 Å². The van der Waals surface area contributed by atoms with E-state index in [2.05, 4.69) is 40.0 Å². The summed E-state index contributed by atoms with van der Waals surface area (Å²) in [6.45, 7) is 1.66. The number of hydrogen-bond donors (Lipinski definition) is 1. The second kappa shape index (κ2) is 8.69. The van der Waals surface area contributed by atoms with Gasteiger partial charge in [-0.1, -0.05) is 78.0 Å². The zero-order chi connectivity index (χ0) is 20.1. The van der Waals surface area contributed by atoms with Crippen LogP contribution in [0.3, 0.4) is 0 Å². The Morgan fingerprint density at radius 1 is 1.07 bits per heavy atom. The lowest BCUT2D eigenvalue weighted by Crippen LogP contribution is -2.22. The smallest absolute Gasteiger partial charge is 0.280 e. The van der Waals surface area contributed by atoms with Crippen LogP contribution in [0, 0.1) is 11.8 Å². The van der Waals surface area contributed by atoms with Crippen molar-refractivity contribution in [1.29, 1.82) is 0 Å². The fraction of sp³-hybridized carbons (Fsp3) is 0.208. The normalized spacial score (nSPS) is 20.5. The van der Waals surface area contributed by atoms with E-state index in [-0.39, 0.29) is 12.5 Å². The van der Waals surface area contributed by atoms with Gasteiger partial charge < -0.3 is 4.84 Å². The van der Waals surface area contributed by atoms with Gasteiger partial charge in [0.1, 0.15) is 0 Å². The maximum absolute atomic E-state index is 12.0. The second-order valence-corrected chi connectivity index (χ2v) is 7.18. The summed E-state index contributed by atoms with van der Waals surface area (Å²) < 4.78 is 0. The molecule has 0 saturated heterocycles. The Hall–Kier alpha value is -3.47. The Balaban J connectivity index is 1.35. The van der Waals surface area contributed by atoms with Gasteiger partial charge in [-0.05, 0) is 35.6 Å². The van der Waals surface area contributed by atoms with Crippen molar-refractivity contribution in [3.05, 3.63) is 89.5 Å². The molecule has 29 heavy (non-hydrogen) atoms. The minimum Gasteiger partial charge on any atom is -0.385 e. The molecule has 0 unspecified atom stereocenters. The molecular weight excluding hydrogens is 362 g/mol. The summed E-state index contributed by atoms with van der Waals surface area (Å²) in [6, 6.07) is 20.0. The highest BCUT2D eigenvalue weighted by molar-refractivity contribution is 5.98. The number of nitrogens with zero attached hydrogens (tertiary/aromatic N) is 2. The van der Waals surface area contributed by atoms with E-state index in [4.69, 9.17) is 4.84 Å². The van der Waals surface area contributed by atoms with Gasteiger partial charge in [0.15, 0.2) is 6.61 Å². The molecule has 2 bridgehead atoms. The van der Waals surface area contributed by atoms with Crippen LogP contribution in [0.2, 0.25) is 0 Å². The number of rotatable bonds is 7. The molecule has 2 aliphatic rings. The molecule has 2 aliphatic carbocycles. The molecule has 0 heterocycles. The SMILES string of the molecule is C/C(=N/OCC(=O)N/N=C\C1=C(c2ccccc2)[C@@H]2C=C[C@@H]1C2)c1ccccc1. The van der Waals surface area contributed by atoms with Crippen LogP contribution in [-0.2, 0) is 9.63 Å². The first-order valence-electron chi connectivity index (χ1n) is 9.74. The topological polar surface area (TPSA) is 63.0 Å². The molecule has 1 amide bonds. The maximum atomic E-state index is 12.0. The maximum Gasteiger partial charge on any atom is 0.280 e. The lowest BCUT2D eigenvalue weighted by atomic mass is 9.92. The van der Waals surface area contributed by atoms with Crippen LogP contribution < -0.4 is 5.43 Å². The average molecular weight is 385 g/mol. The molecule has 1 N–H and O–H groups in total. The number of amides is 1. The quantitative estimate of drug-likeness (QED) is 0.441. The summed E-state index contributed by atoms with van der Waals surface area (Å²) in [5, 5.41) is 8.15. The van der Waals surface area contributed by atoms with Crippen LogP contribution in [-0.4, -0.2) is 24.4 Å². The number of nitrogens with one attached hydrogen (secondary N) is 1. The minimum atomic E-state index is -0.341.